The Kier molecular flexibility index (Phi) is 4.15. The molecule has 0 saturated heterocycles. The number of benzene rings is 1. The van der Waals surface area contributed by atoms with E-state index in [1.54, 1.807) is 0 Å². The molecule has 0 unspecified atom stereocenters. The van der Waals surface area contributed by atoms with Crippen molar-refractivity contribution in [2.45, 2.75) is 12.3 Å². The van der Waals surface area contributed by atoms with E-state index in [4.69, 9.17) is 34.0 Å². The molecular weight excluding hydrogens is 253 g/mol. The van der Waals surface area contributed by atoms with Crippen molar-refractivity contribution in [3.8, 4) is 0 Å². The number of halogens is 2. The van der Waals surface area contributed by atoms with Crippen LogP contribution in [0.15, 0.2) is 18.2 Å². The monoisotopic (exact) mass is 261 g/mol. The molecule has 1 aromatic carbocycles. The van der Waals surface area contributed by atoms with Crippen LogP contribution < -0.4 is 5.73 Å². The van der Waals surface area contributed by atoms with Crippen molar-refractivity contribution < 1.29 is 14.7 Å². The smallest absolute Gasteiger partial charge is 0.304 e. The summed E-state index contributed by atoms with van der Waals surface area (Å²) < 4.78 is 0. The molecular formula is C10H9Cl2NO3. The summed E-state index contributed by atoms with van der Waals surface area (Å²) in [5, 5.41) is 9.25. The summed E-state index contributed by atoms with van der Waals surface area (Å²) in [4.78, 5) is 21.7. The maximum Gasteiger partial charge on any atom is 0.304 e. The third kappa shape index (κ3) is 3.12. The molecule has 1 atom stereocenters. The Hall–Kier alpha value is -1.26. The minimum absolute atomic E-state index is 0.260. The predicted octanol–water partition coefficient (Wildman–Crippen LogP) is 2.04. The standard InChI is InChI=1S/C10H9Cl2NO3/c11-7-2-1-5(3-8(7)12)6(10(13)16)4-9(14)15/h1-3,6H,4H2,(H2,13,16)(H,14,15)/t6-/m0/s1. The Morgan fingerprint density at radius 2 is 1.94 bits per heavy atom. The van der Waals surface area contributed by atoms with Crippen molar-refractivity contribution in [1.82, 2.24) is 0 Å². The molecule has 86 valence electrons. The normalized spacial score (nSPS) is 12.1. The maximum absolute atomic E-state index is 11.1. The van der Waals surface area contributed by atoms with Crippen LogP contribution in [0.1, 0.15) is 17.9 Å². The van der Waals surface area contributed by atoms with Crippen LogP contribution >= 0.6 is 23.2 Å². The topological polar surface area (TPSA) is 80.4 Å². The molecule has 4 nitrogen and oxygen atoms in total. The molecule has 0 bridgehead atoms. The zero-order valence-electron chi connectivity index (χ0n) is 8.11. The number of aliphatic carboxylic acids is 1. The lowest BCUT2D eigenvalue weighted by Gasteiger charge is -2.11. The highest BCUT2D eigenvalue weighted by molar-refractivity contribution is 6.42. The second-order valence-electron chi connectivity index (χ2n) is 3.23. The Morgan fingerprint density at radius 3 is 2.38 bits per heavy atom. The van der Waals surface area contributed by atoms with Crippen molar-refractivity contribution in [3.05, 3.63) is 33.8 Å². The second-order valence-corrected chi connectivity index (χ2v) is 4.04. The minimum atomic E-state index is -1.10. The van der Waals surface area contributed by atoms with Crippen molar-refractivity contribution >= 4 is 35.1 Å². The van der Waals surface area contributed by atoms with Crippen LogP contribution in [0, 0.1) is 0 Å². The lowest BCUT2D eigenvalue weighted by atomic mass is 9.95. The summed E-state index contributed by atoms with van der Waals surface area (Å²) in [6.45, 7) is 0. The molecule has 3 N–H and O–H groups in total. The third-order valence-electron chi connectivity index (χ3n) is 2.07. The van der Waals surface area contributed by atoms with Crippen LogP contribution in [0.5, 0.6) is 0 Å². The van der Waals surface area contributed by atoms with E-state index in [1.807, 2.05) is 0 Å². The van der Waals surface area contributed by atoms with Gasteiger partial charge in [0.25, 0.3) is 0 Å². The number of carboxylic acids is 1. The summed E-state index contributed by atoms with van der Waals surface area (Å²) >= 11 is 11.5. The van der Waals surface area contributed by atoms with E-state index in [9.17, 15) is 9.59 Å². The van der Waals surface area contributed by atoms with Gasteiger partial charge in [-0.25, -0.2) is 0 Å². The van der Waals surface area contributed by atoms with E-state index in [1.165, 1.54) is 18.2 Å². The highest BCUT2D eigenvalue weighted by atomic mass is 35.5. The van der Waals surface area contributed by atoms with Crippen LogP contribution in [0.3, 0.4) is 0 Å². The molecule has 0 aliphatic heterocycles. The molecule has 0 saturated carbocycles. The summed E-state index contributed by atoms with van der Waals surface area (Å²) in [6, 6.07) is 4.48. The fraction of sp³-hybridized carbons (Fsp3) is 0.200. The quantitative estimate of drug-likeness (QED) is 0.871. The van der Waals surface area contributed by atoms with Gasteiger partial charge >= 0.3 is 5.97 Å². The molecule has 0 spiro atoms. The summed E-state index contributed by atoms with van der Waals surface area (Å²) in [7, 11) is 0. The Balaban J connectivity index is 3.06. The molecule has 0 aliphatic carbocycles. The lowest BCUT2D eigenvalue weighted by Crippen LogP contribution is -2.23. The van der Waals surface area contributed by atoms with Crippen molar-refractivity contribution in [1.29, 1.82) is 0 Å². The molecule has 0 aromatic heterocycles. The van der Waals surface area contributed by atoms with E-state index in [0.29, 0.717) is 10.6 Å². The van der Waals surface area contributed by atoms with Gasteiger partial charge in [0, 0.05) is 0 Å². The Labute approximate surface area is 102 Å². The second kappa shape index (κ2) is 5.18. The van der Waals surface area contributed by atoms with Gasteiger partial charge in [-0.2, -0.15) is 0 Å². The number of carbonyl (C=O) groups is 2. The van der Waals surface area contributed by atoms with Gasteiger partial charge in [0.05, 0.1) is 22.4 Å². The van der Waals surface area contributed by atoms with Gasteiger partial charge in [0.1, 0.15) is 0 Å². The van der Waals surface area contributed by atoms with Gasteiger partial charge in [-0.3, -0.25) is 9.59 Å². The molecule has 16 heavy (non-hydrogen) atoms. The van der Waals surface area contributed by atoms with Gasteiger partial charge in [-0.1, -0.05) is 29.3 Å². The van der Waals surface area contributed by atoms with Crippen LogP contribution in [-0.2, 0) is 9.59 Å². The Bertz CT molecular complexity index is 434. The molecule has 1 aromatic rings. The fourth-order valence-electron chi connectivity index (χ4n) is 1.29. The molecule has 6 heteroatoms. The number of rotatable bonds is 4. The lowest BCUT2D eigenvalue weighted by molar-refractivity contribution is -0.139. The van der Waals surface area contributed by atoms with Crippen molar-refractivity contribution in [2.24, 2.45) is 5.73 Å². The molecule has 0 fully saturated rings. The number of carboxylic acid groups (broad SMARTS) is 1. The maximum atomic E-state index is 11.1. The number of primary amides is 1. The minimum Gasteiger partial charge on any atom is -0.481 e. The van der Waals surface area contributed by atoms with Gasteiger partial charge in [-0.05, 0) is 17.7 Å². The van der Waals surface area contributed by atoms with Crippen molar-refractivity contribution in [3.63, 3.8) is 0 Å². The number of amides is 1. The number of nitrogens with two attached hydrogens (primary N) is 1. The fourth-order valence-corrected chi connectivity index (χ4v) is 1.59. The number of carbonyl (C=O) groups excluding carboxylic acids is 1. The van der Waals surface area contributed by atoms with E-state index >= 15 is 0 Å². The van der Waals surface area contributed by atoms with Gasteiger partial charge in [0.15, 0.2) is 0 Å². The first-order chi connectivity index (χ1) is 7.41. The van der Waals surface area contributed by atoms with Crippen LogP contribution in [0.25, 0.3) is 0 Å². The molecule has 0 aliphatic rings. The van der Waals surface area contributed by atoms with Gasteiger partial charge in [-0.15, -0.1) is 0 Å². The van der Waals surface area contributed by atoms with E-state index in [2.05, 4.69) is 0 Å². The van der Waals surface area contributed by atoms with Gasteiger partial charge in [0.2, 0.25) is 5.91 Å². The van der Waals surface area contributed by atoms with E-state index in [-0.39, 0.29) is 11.4 Å². The Morgan fingerprint density at radius 1 is 1.31 bits per heavy atom. The molecule has 1 amide bonds. The first-order valence-corrected chi connectivity index (χ1v) is 5.13. The summed E-state index contributed by atoms with van der Waals surface area (Å²) in [5.41, 5.74) is 5.58. The SMILES string of the molecule is NC(=O)[C@@H](CC(=O)O)c1ccc(Cl)c(Cl)c1. The third-order valence-corrected chi connectivity index (χ3v) is 2.81. The zero-order valence-corrected chi connectivity index (χ0v) is 9.63. The van der Waals surface area contributed by atoms with Crippen molar-refractivity contribution in [2.75, 3.05) is 0 Å². The number of hydrogen-bond donors (Lipinski definition) is 2. The van der Waals surface area contributed by atoms with Crippen LogP contribution in [-0.4, -0.2) is 17.0 Å². The van der Waals surface area contributed by atoms with E-state index in [0.717, 1.165) is 0 Å². The van der Waals surface area contributed by atoms with Crippen LogP contribution in [0.4, 0.5) is 0 Å². The molecule has 0 heterocycles. The van der Waals surface area contributed by atoms with Gasteiger partial charge < -0.3 is 10.8 Å². The summed E-state index contributed by atoms with van der Waals surface area (Å²) in [5.74, 6) is -2.71. The highest BCUT2D eigenvalue weighted by Crippen LogP contribution is 2.27. The highest BCUT2D eigenvalue weighted by Gasteiger charge is 2.21. The largest absolute Gasteiger partial charge is 0.481 e. The average Bonchev–Trinajstić information content (AvgIpc) is 2.18. The zero-order chi connectivity index (χ0) is 12.3. The number of hydrogen-bond acceptors (Lipinski definition) is 2. The first kappa shape index (κ1) is 12.8. The van der Waals surface area contributed by atoms with Crippen LogP contribution in [0.2, 0.25) is 10.0 Å². The summed E-state index contributed by atoms with van der Waals surface area (Å²) in [6.07, 6.45) is -0.368. The molecule has 0 radical (unpaired) electrons. The average molecular weight is 262 g/mol. The predicted molar refractivity (Wildman–Crippen MR) is 60.7 cm³/mol. The first-order valence-electron chi connectivity index (χ1n) is 4.38. The van der Waals surface area contributed by atoms with E-state index < -0.39 is 17.8 Å². The molecule has 1 rings (SSSR count).